The average molecular weight is 472 g/mol. The van der Waals surface area contributed by atoms with Crippen LogP contribution in [0.15, 0.2) is 30.3 Å². The third kappa shape index (κ3) is 9.04. The van der Waals surface area contributed by atoms with Crippen molar-refractivity contribution in [1.82, 2.24) is 0 Å². The second kappa shape index (κ2) is 8.05. The van der Waals surface area contributed by atoms with Gasteiger partial charge in [0, 0.05) is 0 Å². The molecule has 13 heteroatoms. The van der Waals surface area contributed by atoms with Gasteiger partial charge in [-0.2, -0.15) is 0 Å². The van der Waals surface area contributed by atoms with Crippen molar-refractivity contribution in [3.8, 4) is 0 Å². The molecule has 0 radical (unpaired) electrons. The van der Waals surface area contributed by atoms with Crippen LogP contribution < -0.4 is 0 Å². The largest absolute Gasteiger partial charge is 0.544 e. The number of hydrogen-bond acceptors (Lipinski definition) is 3. The van der Waals surface area contributed by atoms with Gasteiger partial charge in [-0.1, -0.05) is 108 Å². The summed E-state index contributed by atoms with van der Waals surface area (Å²) in [4.78, 5) is 0. The normalized spacial score (nSPS) is 13.6. The molecule has 0 heterocycles. The van der Waals surface area contributed by atoms with Crippen molar-refractivity contribution < 1.29 is 12.7 Å². The monoisotopic (exact) mass is 468 g/mol. The molecule has 0 bridgehead atoms. The Morgan fingerprint density at radius 1 is 0.750 bits per heavy atom. The summed E-state index contributed by atoms with van der Waals surface area (Å²) in [6.45, 7) is 0.128. The Bertz CT molecular complexity index is 427. The lowest BCUT2D eigenvalue weighted by Gasteiger charge is -2.26. The van der Waals surface area contributed by atoms with Crippen LogP contribution in [0.5, 0.6) is 0 Å². The van der Waals surface area contributed by atoms with E-state index in [1.54, 1.807) is 0 Å². The molecular formula is C7H7Cl7O3Si3. The van der Waals surface area contributed by atoms with E-state index in [0.29, 0.717) is 0 Å². The van der Waals surface area contributed by atoms with Gasteiger partial charge in [-0.3, -0.25) is 0 Å². The van der Waals surface area contributed by atoms with Gasteiger partial charge in [0.1, 0.15) is 0 Å². The highest BCUT2D eigenvalue weighted by atomic mass is 35.8. The molecule has 3 nitrogen and oxygen atoms in total. The molecule has 0 aliphatic heterocycles. The summed E-state index contributed by atoms with van der Waals surface area (Å²) in [6.07, 6.45) is -3.54. The molecule has 0 aromatic heterocycles. The lowest BCUT2D eigenvalue weighted by atomic mass is 10.2. The molecule has 20 heavy (non-hydrogen) atoms. The van der Waals surface area contributed by atoms with Crippen LogP contribution in [0.25, 0.3) is 0 Å². The van der Waals surface area contributed by atoms with Crippen molar-refractivity contribution in [2.45, 2.75) is 6.61 Å². The zero-order valence-electron chi connectivity index (χ0n) is 9.46. The molecule has 0 fully saturated rings. The summed E-state index contributed by atoms with van der Waals surface area (Å²) >= 11 is 40.1. The smallest absolute Gasteiger partial charge is 0.378 e. The van der Waals surface area contributed by atoms with Gasteiger partial charge in [0.15, 0.2) is 0 Å². The van der Waals surface area contributed by atoms with Crippen molar-refractivity contribution >= 4 is 98.2 Å². The first-order valence-electron chi connectivity index (χ1n) is 4.90. The minimum Gasteiger partial charge on any atom is -0.378 e. The molecule has 0 aliphatic rings. The van der Waals surface area contributed by atoms with E-state index in [4.69, 9.17) is 90.2 Å². The molecule has 0 spiro atoms. The Labute approximate surface area is 152 Å². The molecule has 0 atom stereocenters. The van der Waals surface area contributed by atoms with E-state index in [1.165, 1.54) is 0 Å². The van der Waals surface area contributed by atoms with Gasteiger partial charge >= 0.3 is 20.6 Å². The fourth-order valence-corrected chi connectivity index (χ4v) is 17.2. The molecule has 0 saturated heterocycles. The Kier molecular flexibility index (Phi) is 7.98. The van der Waals surface area contributed by atoms with Crippen LogP contribution in [-0.2, 0) is 19.3 Å². The molecule has 0 amide bonds. The summed E-state index contributed by atoms with van der Waals surface area (Å²) < 4.78 is 15.3. The first kappa shape index (κ1) is 19.8. The number of halogens is 7. The zero-order valence-corrected chi connectivity index (χ0v) is 17.8. The van der Waals surface area contributed by atoms with Crippen molar-refractivity contribution in [2.75, 3.05) is 0 Å². The maximum Gasteiger partial charge on any atom is 0.544 e. The second-order valence-electron chi connectivity index (χ2n) is 3.35. The van der Waals surface area contributed by atoms with E-state index < -0.39 is 20.6 Å². The fraction of sp³-hybridized carbons (Fsp3) is 0.143. The third-order valence-corrected chi connectivity index (χ3v) is 12.9. The molecule has 1 rings (SSSR count). The summed E-state index contributed by atoms with van der Waals surface area (Å²) in [5.74, 6) is 0. The Hall–Kier alpha value is 1.78. The Morgan fingerprint density at radius 3 is 1.80 bits per heavy atom. The van der Waals surface area contributed by atoms with Crippen molar-refractivity contribution in [3.05, 3.63) is 35.9 Å². The quantitative estimate of drug-likeness (QED) is 0.403. The molecule has 0 aliphatic carbocycles. The lowest BCUT2D eigenvalue weighted by Crippen LogP contribution is -2.46. The SMILES string of the molecule is Cl[Si](Cl)(Cl)O[Si](Cl)(Cl)O[Si](Cl)(Cl)OCc1ccccc1. The molecule has 0 N–H and O–H groups in total. The molecule has 0 unspecified atom stereocenters. The minimum atomic E-state index is -3.83. The van der Waals surface area contributed by atoms with E-state index in [0.717, 1.165) is 5.56 Å². The fourth-order valence-electron chi connectivity index (χ4n) is 1.06. The zero-order chi connectivity index (χ0) is 15.4. The topological polar surface area (TPSA) is 27.7 Å². The van der Waals surface area contributed by atoms with Gasteiger partial charge in [-0.25, -0.2) is 0 Å². The van der Waals surface area contributed by atoms with Gasteiger partial charge in [-0.15, -0.1) is 0 Å². The highest BCUT2D eigenvalue weighted by Gasteiger charge is 2.52. The second-order valence-corrected chi connectivity index (χ2v) is 21.7. The van der Waals surface area contributed by atoms with Crippen molar-refractivity contribution in [1.29, 1.82) is 0 Å². The summed E-state index contributed by atoms with van der Waals surface area (Å²) in [6, 6.07) is 9.20. The average Bonchev–Trinajstić information content (AvgIpc) is 2.23. The standard InChI is InChI=1S/C7H7Cl7O3Si3/c8-18(9,10)16-20(13,14)17-19(11,12)15-6-7-4-2-1-3-5-7/h1-5H,6H2. The van der Waals surface area contributed by atoms with Crippen molar-refractivity contribution in [2.24, 2.45) is 0 Å². The highest BCUT2D eigenvalue weighted by Crippen LogP contribution is 2.35. The van der Waals surface area contributed by atoms with Crippen LogP contribution in [0.2, 0.25) is 0 Å². The third-order valence-electron chi connectivity index (χ3n) is 1.72. The van der Waals surface area contributed by atoms with Crippen LogP contribution in [0, 0.1) is 0 Å². The van der Waals surface area contributed by atoms with Crippen LogP contribution in [-0.4, -0.2) is 20.6 Å². The predicted octanol–water partition coefficient (Wildman–Crippen LogP) is 5.21. The van der Waals surface area contributed by atoms with E-state index in [-0.39, 0.29) is 6.61 Å². The molecular weight excluding hydrogens is 465 g/mol. The van der Waals surface area contributed by atoms with Crippen LogP contribution in [0.1, 0.15) is 5.56 Å². The molecule has 114 valence electrons. The predicted molar refractivity (Wildman–Crippen MR) is 91.6 cm³/mol. The van der Waals surface area contributed by atoms with E-state index in [9.17, 15) is 0 Å². The van der Waals surface area contributed by atoms with E-state index in [1.807, 2.05) is 30.3 Å². The maximum atomic E-state index is 5.93. The summed E-state index contributed by atoms with van der Waals surface area (Å²) in [5.41, 5.74) is 0.849. The summed E-state index contributed by atoms with van der Waals surface area (Å²) in [5, 5.41) is 0. The molecule has 1 aromatic carbocycles. The van der Waals surface area contributed by atoms with E-state index in [2.05, 4.69) is 0 Å². The van der Waals surface area contributed by atoms with Gasteiger partial charge in [0.05, 0.1) is 6.61 Å². The van der Waals surface area contributed by atoms with Crippen LogP contribution in [0.4, 0.5) is 0 Å². The van der Waals surface area contributed by atoms with E-state index >= 15 is 0 Å². The molecule has 1 aromatic rings. The van der Waals surface area contributed by atoms with Gasteiger partial charge in [0.2, 0.25) is 0 Å². The number of rotatable bonds is 7. The molecule has 0 saturated carbocycles. The van der Waals surface area contributed by atoms with Crippen LogP contribution in [0.3, 0.4) is 0 Å². The van der Waals surface area contributed by atoms with Gasteiger partial charge < -0.3 is 12.7 Å². The minimum absolute atomic E-state index is 0.128. The van der Waals surface area contributed by atoms with Gasteiger partial charge in [0.25, 0.3) is 0 Å². The number of benzene rings is 1. The highest BCUT2D eigenvalue weighted by molar-refractivity contribution is 7.65. The maximum absolute atomic E-state index is 5.93. The van der Waals surface area contributed by atoms with Crippen LogP contribution >= 0.6 is 77.6 Å². The number of hydrogen-bond donors (Lipinski definition) is 0. The first-order valence-corrected chi connectivity index (χ1v) is 17.5. The lowest BCUT2D eigenvalue weighted by molar-refractivity contribution is 0.253. The Morgan fingerprint density at radius 2 is 1.30 bits per heavy atom. The summed E-state index contributed by atoms with van der Waals surface area (Å²) in [7, 11) is -7.49. The van der Waals surface area contributed by atoms with Crippen molar-refractivity contribution in [3.63, 3.8) is 0 Å². The van der Waals surface area contributed by atoms with Gasteiger partial charge in [-0.05, 0) is 5.56 Å². The Balaban J connectivity index is 2.56. The first-order chi connectivity index (χ1) is 8.99.